The Morgan fingerprint density at radius 3 is 2.86 bits per heavy atom. The first-order valence-electron chi connectivity index (χ1n) is 4.64. The van der Waals surface area contributed by atoms with E-state index in [2.05, 4.69) is 15.8 Å². The van der Waals surface area contributed by atoms with E-state index < -0.39 is 0 Å². The second-order valence-electron chi connectivity index (χ2n) is 2.83. The number of nitrogens with two attached hydrogens (primary N) is 1. The third-order valence-corrected chi connectivity index (χ3v) is 1.57. The van der Waals surface area contributed by atoms with Gasteiger partial charge in [-0.15, -0.1) is 0 Å². The number of hydrogen-bond donors (Lipinski definition) is 4. The minimum atomic E-state index is -0.0173. The molecule has 0 aromatic rings. The molecule has 5 N–H and O–H groups in total. The van der Waals surface area contributed by atoms with Gasteiger partial charge in [0.2, 0.25) is 5.91 Å². The van der Waals surface area contributed by atoms with Crippen molar-refractivity contribution in [1.82, 2.24) is 10.6 Å². The summed E-state index contributed by atoms with van der Waals surface area (Å²) in [5.74, 6) is 0.195. The second kappa shape index (κ2) is 8.31. The first kappa shape index (κ1) is 12.7. The number of amidine groups is 1. The molecule has 6 nitrogen and oxygen atoms in total. The number of carbonyl (C=O) groups excluding carboxylic acids is 1. The van der Waals surface area contributed by atoms with E-state index in [0.717, 1.165) is 6.42 Å². The van der Waals surface area contributed by atoms with Gasteiger partial charge in [-0.3, -0.25) is 4.79 Å². The van der Waals surface area contributed by atoms with Gasteiger partial charge in [0.25, 0.3) is 0 Å². The van der Waals surface area contributed by atoms with Crippen LogP contribution in [0.15, 0.2) is 5.16 Å². The van der Waals surface area contributed by atoms with E-state index in [1.54, 1.807) is 0 Å². The molecule has 0 unspecified atom stereocenters. The quantitative estimate of drug-likeness (QED) is 0.143. The largest absolute Gasteiger partial charge is 0.409 e. The van der Waals surface area contributed by atoms with Gasteiger partial charge in [-0.2, -0.15) is 0 Å². The van der Waals surface area contributed by atoms with E-state index >= 15 is 0 Å². The molecular weight excluding hydrogens is 184 g/mol. The molecule has 0 aromatic heterocycles. The number of nitrogens with one attached hydrogen (secondary N) is 2. The minimum absolute atomic E-state index is 0.0173. The van der Waals surface area contributed by atoms with Gasteiger partial charge in [-0.25, -0.2) is 0 Å². The third kappa shape index (κ3) is 7.35. The van der Waals surface area contributed by atoms with E-state index in [1.807, 2.05) is 6.92 Å². The molecule has 82 valence electrons. The van der Waals surface area contributed by atoms with Gasteiger partial charge in [0, 0.05) is 13.0 Å². The number of likely N-dealkylation sites (N-methyl/N-ethyl adjacent to an activating group) is 1. The van der Waals surface area contributed by atoms with Crippen LogP contribution in [-0.2, 0) is 4.79 Å². The monoisotopic (exact) mass is 202 g/mol. The first-order valence-corrected chi connectivity index (χ1v) is 4.64. The highest BCUT2D eigenvalue weighted by atomic mass is 16.4. The van der Waals surface area contributed by atoms with Gasteiger partial charge >= 0.3 is 0 Å². The normalized spacial score (nSPS) is 11.4. The van der Waals surface area contributed by atoms with Crippen molar-refractivity contribution in [2.24, 2.45) is 10.9 Å². The third-order valence-electron chi connectivity index (χ3n) is 1.57. The highest BCUT2D eigenvalue weighted by Crippen LogP contribution is 1.85. The number of rotatable bonds is 7. The lowest BCUT2D eigenvalue weighted by Crippen LogP contribution is -2.34. The molecule has 0 saturated heterocycles. The average Bonchev–Trinajstić information content (AvgIpc) is 2.17. The second-order valence-corrected chi connectivity index (χ2v) is 2.83. The van der Waals surface area contributed by atoms with Crippen molar-refractivity contribution >= 4 is 11.7 Å². The van der Waals surface area contributed by atoms with Crippen LogP contribution in [0.4, 0.5) is 0 Å². The summed E-state index contributed by atoms with van der Waals surface area (Å²) in [5.41, 5.74) is 5.26. The Morgan fingerprint density at radius 2 is 2.29 bits per heavy atom. The maximum atomic E-state index is 10.9. The van der Waals surface area contributed by atoms with Crippen molar-refractivity contribution in [3.8, 4) is 0 Å². The topological polar surface area (TPSA) is 99.7 Å². The van der Waals surface area contributed by atoms with Crippen LogP contribution in [0.5, 0.6) is 0 Å². The molecule has 1 amide bonds. The Morgan fingerprint density at radius 1 is 1.57 bits per heavy atom. The summed E-state index contributed by atoms with van der Waals surface area (Å²) in [7, 11) is 0. The number of oxime groups is 1. The van der Waals surface area contributed by atoms with Gasteiger partial charge in [0.15, 0.2) is 0 Å². The molecule has 0 bridgehead atoms. The average molecular weight is 202 g/mol. The zero-order valence-electron chi connectivity index (χ0n) is 8.42. The molecule has 0 saturated carbocycles. The summed E-state index contributed by atoms with van der Waals surface area (Å²) >= 11 is 0. The Labute approximate surface area is 83.5 Å². The number of nitrogens with zero attached hydrogens (tertiary/aromatic N) is 1. The summed E-state index contributed by atoms with van der Waals surface area (Å²) in [6.45, 7) is 3.50. The van der Waals surface area contributed by atoms with Crippen molar-refractivity contribution in [2.75, 3.05) is 19.6 Å². The van der Waals surface area contributed by atoms with Gasteiger partial charge < -0.3 is 21.6 Å². The molecule has 0 fully saturated rings. The van der Waals surface area contributed by atoms with Gasteiger partial charge in [0.05, 0.1) is 6.54 Å². The van der Waals surface area contributed by atoms with Crippen molar-refractivity contribution in [2.45, 2.75) is 19.8 Å². The molecule has 0 aliphatic heterocycles. The van der Waals surface area contributed by atoms with Crippen LogP contribution in [0.1, 0.15) is 19.8 Å². The highest BCUT2D eigenvalue weighted by Gasteiger charge is 1.97. The molecule has 0 rings (SSSR count). The molecule has 0 aliphatic carbocycles. The van der Waals surface area contributed by atoms with Crippen LogP contribution in [-0.4, -0.2) is 36.6 Å². The SMILES string of the molecule is CCNC(=O)CNCCCC(N)=NO. The van der Waals surface area contributed by atoms with Crippen molar-refractivity contribution in [3.05, 3.63) is 0 Å². The van der Waals surface area contributed by atoms with Crippen molar-refractivity contribution < 1.29 is 10.0 Å². The first-order chi connectivity index (χ1) is 6.70. The fourth-order valence-electron chi connectivity index (χ4n) is 0.906. The molecule has 0 radical (unpaired) electrons. The van der Waals surface area contributed by atoms with Gasteiger partial charge in [-0.05, 0) is 19.9 Å². The lowest BCUT2D eigenvalue weighted by molar-refractivity contribution is -0.120. The summed E-state index contributed by atoms with van der Waals surface area (Å²) in [4.78, 5) is 10.9. The molecule has 0 aliphatic rings. The minimum Gasteiger partial charge on any atom is -0.409 e. The predicted octanol–water partition coefficient (Wildman–Crippen LogP) is -0.761. The van der Waals surface area contributed by atoms with Crippen LogP contribution < -0.4 is 16.4 Å². The molecule has 6 heteroatoms. The van der Waals surface area contributed by atoms with Crippen molar-refractivity contribution in [3.63, 3.8) is 0 Å². The molecule has 0 heterocycles. The van der Waals surface area contributed by atoms with E-state index in [4.69, 9.17) is 10.9 Å². The fraction of sp³-hybridized carbons (Fsp3) is 0.750. The number of hydrogen-bond acceptors (Lipinski definition) is 4. The van der Waals surface area contributed by atoms with Crippen LogP contribution >= 0.6 is 0 Å². The van der Waals surface area contributed by atoms with Crippen LogP contribution in [0.3, 0.4) is 0 Å². The lowest BCUT2D eigenvalue weighted by Gasteiger charge is -2.04. The zero-order chi connectivity index (χ0) is 10.8. The molecule has 14 heavy (non-hydrogen) atoms. The summed E-state index contributed by atoms with van der Waals surface area (Å²) in [6, 6.07) is 0. The number of amides is 1. The number of carbonyl (C=O) groups is 1. The van der Waals surface area contributed by atoms with Crippen molar-refractivity contribution in [1.29, 1.82) is 0 Å². The Bertz CT molecular complexity index is 194. The van der Waals surface area contributed by atoms with E-state index in [9.17, 15) is 4.79 Å². The maximum absolute atomic E-state index is 10.9. The zero-order valence-corrected chi connectivity index (χ0v) is 8.42. The Balaban J connectivity index is 3.25. The Kier molecular flexibility index (Phi) is 7.53. The van der Waals surface area contributed by atoms with Crippen LogP contribution in [0.25, 0.3) is 0 Å². The van der Waals surface area contributed by atoms with E-state index in [1.165, 1.54) is 0 Å². The Hall–Kier alpha value is -1.30. The van der Waals surface area contributed by atoms with E-state index in [-0.39, 0.29) is 11.7 Å². The van der Waals surface area contributed by atoms with Gasteiger partial charge in [-0.1, -0.05) is 5.16 Å². The van der Waals surface area contributed by atoms with Gasteiger partial charge in [0.1, 0.15) is 5.84 Å². The summed E-state index contributed by atoms with van der Waals surface area (Å²) < 4.78 is 0. The summed E-state index contributed by atoms with van der Waals surface area (Å²) in [5, 5.41) is 16.7. The molecule has 0 aromatic carbocycles. The molecule has 0 spiro atoms. The maximum Gasteiger partial charge on any atom is 0.233 e. The smallest absolute Gasteiger partial charge is 0.233 e. The molecular formula is C8H18N4O2. The standard InChI is InChI=1S/C8H18N4O2/c1-2-11-8(13)6-10-5-3-4-7(9)12-14/h10,14H,2-6H2,1H3,(H2,9,12)(H,11,13). The van der Waals surface area contributed by atoms with E-state index in [0.29, 0.717) is 26.1 Å². The fourth-order valence-corrected chi connectivity index (χ4v) is 0.906. The highest BCUT2D eigenvalue weighted by molar-refractivity contribution is 5.79. The summed E-state index contributed by atoms with van der Waals surface area (Å²) in [6.07, 6.45) is 1.27. The molecule has 0 atom stereocenters. The van der Waals surface area contributed by atoms with Crippen LogP contribution in [0.2, 0.25) is 0 Å². The predicted molar refractivity (Wildman–Crippen MR) is 54.2 cm³/mol. The lowest BCUT2D eigenvalue weighted by atomic mass is 10.3. The van der Waals surface area contributed by atoms with Crippen LogP contribution in [0, 0.1) is 0 Å².